The molecule has 18 heavy (non-hydrogen) atoms. The summed E-state index contributed by atoms with van der Waals surface area (Å²) < 4.78 is 0.847. The van der Waals surface area contributed by atoms with Gasteiger partial charge in [0, 0.05) is 0 Å². The molecule has 0 bridgehead atoms. The van der Waals surface area contributed by atoms with E-state index in [0.29, 0.717) is 16.5 Å². The molecular weight excluding hydrogens is 314 g/mol. The molecule has 0 atom stereocenters. The average molecular weight is 327 g/mol. The van der Waals surface area contributed by atoms with Crippen LogP contribution in [0.5, 0.6) is 0 Å². The van der Waals surface area contributed by atoms with E-state index in [1.165, 1.54) is 0 Å². The highest BCUT2D eigenvalue weighted by molar-refractivity contribution is 9.10. The third-order valence-corrected chi connectivity index (χ3v) is 3.98. The summed E-state index contributed by atoms with van der Waals surface area (Å²) in [6, 6.07) is 5.80. The maximum absolute atomic E-state index is 6.14. The Morgan fingerprint density at radius 3 is 2.78 bits per heavy atom. The number of halogens is 2. The molecule has 0 aliphatic carbocycles. The summed E-state index contributed by atoms with van der Waals surface area (Å²) >= 11 is 9.62. The monoisotopic (exact) mass is 325 g/mol. The van der Waals surface area contributed by atoms with Gasteiger partial charge in [-0.15, -0.1) is 0 Å². The fraction of sp³-hybridized carbons (Fsp3) is 0.154. The number of nitrogens with two attached hydrogens (primary N) is 1. The third kappa shape index (κ3) is 2.60. The van der Waals surface area contributed by atoms with E-state index in [2.05, 4.69) is 26.2 Å². The van der Waals surface area contributed by atoms with Crippen LogP contribution in [-0.2, 0) is 0 Å². The molecule has 0 radical (unpaired) electrons. The van der Waals surface area contributed by atoms with Gasteiger partial charge in [0.1, 0.15) is 5.82 Å². The molecule has 3 N–H and O–H groups in total. The van der Waals surface area contributed by atoms with Crippen molar-refractivity contribution in [2.24, 2.45) is 0 Å². The lowest BCUT2D eigenvalue weighted by molar-refractivity contribution is 1.25. The van der Waals surface area contributed by atoms with E-state index >= 15 is 0 Å². The van der Waals surface area contributed by atoms with Gasteiger partial charge in [0.05, 0.1) is 27.1 Å². The zero-order chi connectivity index (χ0) is 13.3. The van der Waals surface area contributed by atoms with Crippen LogP contribution in [0.2, 0.25) is 5.02 Å². The second-order valence-electron chi connectivity index (χ2n) is 4.11. The number of aryl methyl sites for hydroxylation is 1. The minimum absolute atomic E-state index is 0.655. The molecule has 0 amide bonds. The number of pyridine rings is 1. The molecule has 0 fully saturated rings. The summed E-state index contributed by atoms with van der Waals surface area (Å²) in [5.41, 5.74) is 9.36. The number of benzene rings is 1. The number of nitrogens with one attached hydrogen (secondary N) is 1. The van der Waals surface area contributed by atoms with Gasteiger partial charge in [-0.2, -0.15) is 0 Å². The summed E-state index contributed by atoms with van der Waals surface area (Å²) in [6.07, 6.45) is 1.63. The highest BCUT2D eigenvalue weighted by atomic mass is 79.9. The van der Waals surface area contributed by atoms with Crippen LogP contribution in [-0.4, -0.2) is 4.98 Å². The van der Waals surface area contributed by atoms with Crippen LogP contribution in [0, 0.1) is 13.8 Å². The number of anilines is 3. The molecule has 2 aromatic rings. The van der Waals surface area contributed by atoms with Gasteiger partial charge in [-0.25, -0.2) is 4.98 Å². The van der Waals surface area contributed by atoms with E-state index in [1.54, 1.807) is 6.20 Å². The number of hydrogen-bond donors (Lipinski definition) is 2. The van der Waals surface area contributed by atoms with Gasteiger partial charge in [-0.05, 0) is 53.0 Å². The lowest BCUT2D eigenvalue weighted by atomic mass is 10.2. The van der Waals surface area contributed by atoms with Crippen molar-refractivity contribution in [1.29, 1.82) is 0 Å². The molecule has 0 aliphatic rings. The Kier molecular flexibility index (Phi) is 3.78. The maximum atomic E-state index is 6.14. The van der Waals surface area contributed by atoms with Crippen molar-refractivity contribution >= 4 is 44.7 Å². The Bertz CT molecular complexity index is 599. The van der Waals surface area contributed by atoms with Crippen molar-refractivity contribution in [1.82, 2.24) is 4.98 Å². The second kappa shape index (κ2) is 5.16. The maximum Gasteiger partial charge on any atom is 0.145 e. The van der Waals surface area contributed by atoms with Crippen molar-refractivity contribution < 1.29 is 0 Å². The van der Waals surface area contributed by atoms with E-state index in [0.717, 1.165) is 21.3 Å². The highest BCUT2D eigenvalue weighted by Crippen LogP contribution is 2.32. The zero-order valence-corrected chi connectivity index (χ0v) is 12.4. The number of hydrogen-bond acceptors (Lipinski definition) is 3. The van der Waals surface area contributed by atoms with Crippen molar-refractivity contribution in [3.63, 3.8) is 0 Å². The molecule has 0 unspecified atom stereocenters. The van der Waals surface area contributed by atoms with Gasteiger partial charge in [0.25, 0.3) is 0 Å². The molecule has 1 aromatic heterocycles. The largest absolute Gasteiger partial charge is 0.397 e. The Labute approximate surface area is 119 Å². The Morgan fingerprint density at radius 1 is 1.33 bits per heavy atom. The van der Waals surface area contributed by atoms with Gasteiger partial charge in [-0.3, -0.25) is 0 Å². The number of rotatable bonds is 2. The lowest BCUT2D eigenvalue weighted by Crippen LogP contribution is -2.00. The van der Waals surface area contributed by atoms with Gasteiger partial charge >= 0.3 is 0 Å². The van der Waals surface area contributed by atoms with E-state index in [4.69, 9.17) is 17.3 Å². The van der Waals surface area contributed by atoms with Crippen molar-refractivity contribution in [3.05, 3.63) is 45.0 Å². The Hall–Kier alpha value is -1.26. The van der Waals surface area contributed by atoms with E-state index in [-0.39, 0.29) is 0 Å². The van der Waals surface area contributed by atoms with Crippen LogP contribution in [0.15, 0.2) is 28.9 Å². The van der Waals surface area contributed by atoms with Gasteiger partial charge < -0.3 is 11.1 Å². The summed E-state index contributed by atoms with van der Waals surface area (Å²) in [4.78, 5) is 4.26. The van der Waals surface area contributed by atoms with Crippen LogP contribution >= 0.6 is 27.5 Å². The van der Waals surface area contributed by atoms with Crippen molar-refractivity contribution in [2.75, 3.05) is 11.1 Å². The van der Waals surface area contributed by atoms with Crippen LogP contribution in [0.3, 0.4) is 0 Å². The Balaban J connectivity index is 2.40. The summed E-state index contributed by atoms with van der Waals surface area (Å²) in [5.74, 6) is 0.703. The van der Waals surface area contributed by atoms with E-state index < -0.39 is 0 Å². The quantitative estimate of drug-likeness (QED) is 0.857. The third-order valence-electron chi connectivity index (χ3n) is 2.68. The highest BCUT2D eigenvalue weighted by Gasteiger charge is 2.09. The van der Waals surface area contributed by atoms with Crippen LogP contribution in [0.4, 0.5) is 17.2 Å². The number of nitrogens with zero attached hydrogens (tertiary/aromatic N) is 1. The molecule has 0 spiro atoms. The molecule has 5 heteroatoms. The van der Waals surface area contributed by atoms with E-state index in [9.17, 15) is 0 Å². The molecule has 0 aliphatic heterocycles. The summed E-state index contributed by atoms with van der Waals surface area (Å²) in [6.45, 7) is 3.95. The Morgan fingerprint density at radius 2 is 2.06 bits per heavy atom. The molecule has 1 aromatic carbocycles. The van der Waals surface area contributed by atoms with Gasteiger partial charge in [0.2, 0.25) is 0 Å². The van der Waals surface area contributed by atoms with Gasteiger partial charge in [-0.1, -0.05) is 17.7 Å². The van der Waals surface area contributed by atoms with Crippen molar-refractivity contribution in [3.8, 4) is 0 Å². The topological polar surface area (TPSA) is 50.9 Å². The number of nitrogen functional groups attached to an aromatic ring is 1. The van der Waals surface area contributed by atoms with Crippen LogP contribution < -0.4 is 11.1 Å². The molecular formula is C13H13BrClN3. The molecule has 94 valence electrons. The van der Waals surface area contributed by atoms with Crippen molar-refractivity contribution in [2.45, 2.75) is 13.8 Å². The molecule has 3 nitrogen and oxygen atoms in total. The summed E-state index contributed by atoms with van der Waals surface area (Å²) in [7, 11) is 0. The SMILES string of the molecule is Cc1ccc(Cl)c(Nc2ncc(N)c(C)c2Br)c1. The molecule has 0 saturated carbocycles. The number of aromatic nitrogens is 1. The predicted molar refractivity (Wildman–Crippen MR) is 80.6 cm³/mol. The predicted octanol–water partition coefficient (Wildman–Crippen LogP) is 4.44. The first-order chi connectivity index (χ1) is 8.49. The minimum atomic E-state index is 0.655. The fourth-order valence-corrected chi connectivity index (χ4v) is 2.14. The van der Waals surface area contributed by atoms with Crippen LogP contribution in [0.1, 0.15) is 11.1 Å². The second-order valence-corrected chi connectivity index (χ2v) is 5.31. The minimum Gasteiger partial charge on any atom is -0.397 e. The average Bonchev–Trinajstić information content (AvgIpc) is 2.34. The zero-order valence-electron chi connectivity index (χ0n) is 10.1. The lowest BCUT2D eigenvalue weighted by Gasteiger charge is -2.12. The summed E-state index contributed by atoms with van der Waals surface area (Å²) in [5, 5.41) is 3.86. The van der Waals surface area contributed by atoms with Crippen LogP contribution in [0.25, 0.3) is 0 Å². The molecule has 0 saturated heterocycles. The smallest absolute Gasteiger partial charge is 0.145 e. The first-order valence-corrected chi connectivity index (χ1v) is 6.60. The molecule has 2 rings (SSSR count). The fourth-order valence-electron chi connectivity index (χ4n) is 1.54. The first-order valence-electron chi connectivity index (χ1n) is 5.43. The normalized spacial score (nSPS) is 10.4. The van der Waals surface area contributed by atoms with E-state index in [1.807, 2.05) is 32.0 Å². The van der Waals surface area contributed by atoms with Gasteiger partial charge in [0.15, 0.2) is 0 Å². The first kappa shape index (κ1) is 13.2. The standard InChI is InChI=1S/C13H13BrClN3/c1-7-3-4-9(15)11(5-7)18-13-12(14)8(2)10(16)6-17-13/h3-6H,16H2,1-2H3,(H,17,18). The molecule has 1 heterocycles.